The quantitative estimate of drug-likeness (QED) is 0.172. The molecular weight excluding hydrogens is 681 g/mol. The first-order chi connectivity index (χ1) is 27.8. The van der Waals surface area contributed by atoms with Crippen molar-refractivity contribution in [1.82, 2.24) is 19.1 Å². The van der Waals surface area contributed by atoms with Gasteiger partial charge in [-0.25, -0.2) is 9.97 Å². The number of rotatable bonds is 6. The third-order valence-corrected chi connectivity index (χ3v) is 11.0. The van der Waals surface area contributed by atoms with Crippen LogP contribution in [0.15, 0.2) is 206 Å². The summed E-state index contributed by atoms with van der Waals surface area (Å²) in [6.45, 7) is 0. The smallest absolute Gasteiger partial charge is 0.161 e. The number of para-hydroxylation sites is 3. The van der Waals surface area contributed by atoms with Crippen molar-refractivity contribution in [3.63, 3.8) is 0 Å². The minimum atomic E-state index is 0.701. The van der Waals surface area contributed by atoms with E-state index in [4.69, 9.17) is 9.97 Å². The molecule has 0 amide bonds. The molecule has 0 saturated heterocycles. The van der Waals surface area contributed by atoms with Crippen LogP contribution in [0, 0.1) is 0 Å². The summed E-state index contributed by atoms with van der Waals surface area (Å²) >= 11 is 0. The molecule has 8 aromatic carbocycles. The molecule has 11 rings (SSSR count). The Labute approximate surface area is 324 Å². The second-order valence-electron chi connectivity index (χ2n) is 14.2. The van der Waals surface area contributed by atoms with Gasteiger partial charge in [0.15, 0.2) is 5.82 Å². The molecule has 0 unspecified atom stereocenters. The van der Waals surface area contributed by atoms with E-state index in [0.29, 0.717) is 5.82 Å². The first kappa shape index (κ1) is 31.9. The fourth-order valence-corrected chi connectivity index (χ4v) is 8.38. The Morgan fingerprint density at radius 1 is 0.286 bits per heavy atom. The zero-order chi connectivity index (χ0) is 37.0. The molecule has 0 spiro atoms. The van der Waals surface area contributed by atoms with E-state index >= 15 is 0 Å². The maximum Gasteiger partial charge on any atom is 0.161 e. The molecule has 4 nitrogen and oxygen atoms in total. The molecule has 4 heteroatoms. The van der Waals surface area contributed by atoms with E-state index in [0.717, 1.165) is 56.1 Å². The van der Waals surface area contributed by atoms with Crippen LogP contribution in [0.3, 0.4) is 0 Å². The predicted octanol–water partition coefficient (Wildman–Crippen LogP) is 13.3. The summed E-state index contributed by atoms with van der Waals surface area (Å²) in [6, 6.07) is 73.1. The van der Waals surface area contributed by atoms with Gasteiger partial charge in [0, 0.05) is 49.6 Å². The van der Waals surface area contributed by atoms with E-state index in [2.05, 4.69) is 203 Å². The van der Waals surface area contributed by atoms with Crippen molar-refractivity contribution < 1.29 is 0 Å². The summed E-state index contributed by atoms with van der Waals surface area (Å²) in [5.41, 5.74) is 14.1. The highest BCUT2D eigenvalue weighted by Crippen LogP contribution is 2.39. The summed E-state index contributed by atoms with van der Waals surface area (Å²) < 4.78 is 4.75. The fourth-order valence-electron chi connectivity index (χ4n) is 8.38. The van der Waals surface area contributed by atoms with Gasteiger partial charge in [-0.15, -0.1) is 0 Å². The third kappa shape index (κ3) is 5.23. The molecule has 0 radical (unpaired) electrons. The van der Waals surface area contributed by atoms with Crippen molar-refractivity contribution in [1.29, 1.82) is 0 Å². The molecule has 0 aliphatic heterocycles. The molecule has 3 heterocycles. The molecule has 3 aromatic heterocycles. The van der Waals surface area contributed by atoms with Crippen LogP contribution in [-0.2, 0) is 0 Å². The van der Waals surface area contributed by atoms with E-state index in [-0.39, 0.29) is 0 Å². The summed E-state index contributed by atoms with van der Waals surface area (Å²) in [5.74, 6) is 0.701. The summed E-state index contributed by atoms with van der Waals surface area (Å²) in [4.78, 5) is 10.4. The number of fused-ring (bicyclic) bond motifs is 6. The standard InChI is InChI=1S/C52H34N4/c1-3-15-35(16-4-1)46-34-47(36-17-5-2-6-18-36)54-52(53-46)44-23-8-7-19-40(44)37-27-32-51-45(33-37)43-22-11-14-26-50(43)56(51)39-30-28-38(29-31-39)55-48-24-12-9-20-41(48)42-21-10-13-25-49(42)55/h1-34H. The van der Waals surface area contributed by atoms with Crippen LogP contribution in [0.25, 0.3) is 100 Å². The van der Waals surface area contributed by atoms with Gasteiger partial charge in [-0.3, -0.25) is 0 Å². The first-order valence-electron chi connectivity index (χ1n) is 19.0. The van der Waals surface area contributed by atoms with Gasteiger partial charge in [-0.1, -0.05) is 146 Å². The van der Waals surface area contributed by atoms with Crippen LogP contribution in [0.2, 0.25) is 0 Å². The second kappa shape index (κ2) is 13.1. The number of nitrogens with zero attached hydrogens (tertiary/aromatic N) is 4. The highest BCUT2D eigenvalue weighted by molar-refractivity contribution is 6.11. The molecule has 0 aliphatic carbocycles. The Balaban J connectivity index is 1.04. The van der Waals surface area contributed by atoms with Crippen molar-refractivity contribution in [2.24, 2.45) is 0 Å². The number of benzene rings is 8. The van der Waals surface area contributed by atoms with Crippen molar-refractivity contribution in [3.05, 3.63) is 206 Å². The number of hydrogen-bond donors (Lipinski definition) is 0. The molecule has 0 fully saturated rings. The van der Waals surface area contributed by atoms with Gasteiger partial charge >= 0.3 is 0 Å². The van der Waals surface area contributed by atoms with Gasteiger partial charge in [-0.05, 0) is 71.8 Å². The Morgan fingerprint density at radius 3 is 1.21 bits per heavy atom. The SMILES string of the molecule is c1ccc(-c2cc(-c3ccccc3)nc(-c3ccccc3-c3ccc4c(c3)c3ccccc3n4-c3ccc(-n4c5ccccc5c5ccccc54)cc3)n2)cc1. The molecule has 262 valence electrons. The monoisotopic (exact) mass is 714 g/mol. The van der Waals surface area contributed by atoms with Crippen molar-refractivity contribution >= 4 is 43.6 Å². The average molecular weight is 715 g/mol. The van der Waals surface area contributed by atoms with Crippen molar-refractivity contribution in [2.45, 2.75) is 0 Å². The lowest BCUT2D eigenvalue weighted by Crippen LogP contribution is -1.98. The van der Waals surface area contributed by atoms with Crippen molar-refractivity contribution in [3.8, 4) is 56.4 Å². The Morgan fingerprint density at radius 2 is 0.696 bits per heavy atom. The van der Waals surface area contributed by atoms with Gasteiger partial charge in [0.2, 0.25) is 0 Å². The lowest BCUT2D eigenvalue weighted by atomic mass is 9.97. The Bertz CT molecular complexity index is 3120. The highest BCUT2D eigenvalue weighted by Gasteiger charge is 2.18. The summed E-state index contributed by atoms with van der Waals surface area (Å²) in [6.07, 6.45) is 0. The van der Waals surface area contributed by atoms with E-state index in [1.165, 1.54) is 38.1 Å². The van der Waals surface area contributed by atoms with E-state index in [1.807, 2.05) is 12.1 Å². The Kier molecular flexibility index (Phi) is 7.46. The number of hydrogen-bond acceptors (Lipinski definition) is 2. The van der Waals surface area contributed by atoms with Crippen molar-refractivity contribution in [2.75, 3.05) is 0 Å². The fraction of sp³-hybridized carbons (Fsp3) is 0. The van der Waals surface area contributed by atoms with Crippen LogP contribution in [0.5, 0.6) is 0 Å². The largest absolute Gasteiger partial charge is 0.309 e. The second-order valence-corrected chi connectivity index (χ2v) is 14.2. The van der Waals surface area contributed by atoms with Gasteiger partial charge in [0.1, 0.15) is 0 Å². The lowest BCUT2D eigenvalue weighted by molar-refractivity contribution is 1.14. The molecule has 0 bridgehead atoms. The maximum atomic E-state index is 5.18. The van der Waals surface area contributed by atoms with Crippen LogP contribution < -0.4 is 0 Å². The Hall–Kier alpha value is -7.56. The average Bonchev–Trinajstić information content (AvgIpc) is 3.79. The molecule has 0 saturated carbocycles. The third-order valence-electron chi connectivity index (χ3n) is 11.0. The van der Waals surface area contributed by atoms with Gasteiger partial charge in [0.05, 0.1) is 33.5 Å². The zero-order valence-corrected chi connectivity index (χ0v) is 30.4. The summed E-state index contributed by atoms with van der Waals surface area (Å²) in [7, 11) is 0. The molecule has 11 aromatic rings. The molecule has 0 atom stereocenters. The van der Waals surface area contributed by atoms with E-state index < -0.39 is 0 Å². The molecule has 0 N–H and O–H groups in total. The lowest BCUT2D eigenvalue weighted by Gasteiger charge is -2.13. The minimum Gasteiger partial charge on any atom is -0.309 e. The summed E-state index contributed by atoms with van der Waals surface area (Å²) in [5, 5.41) is 4.93. The highest BCUT2D eigenvalue weighted by atomic mass is 15.0. The maximum absolute atomic E-state index is 5.18. The van der Waals surface area contributed by atoms with Crippen LogP contribution in [0.4, 0.5) is 0 Å². The van der Waals surface area contributed by atoms with Gasteiger partial charge in [-0.2, -0.15) is 0 Å². The normalized spacial score (nSPS) is 11.6. The molecule has 0 aliphatic rings. The molecule has 56 heavy (non-hydrogen) atoms. The van der Waals surface area contributed by atoms with Crippen LogP contribution in [-0.4, -0.2) is 19.1 Å². The van der Waals surface area contributed by atoms with E-state index in [1.54, 1.807) is 0 Å². The zero-order valence-electron chi connectivity index (χ0n) is 30.4. The van der Waals surface area contributed by atoms with Crippen LogP contribution >= 0.6 is 0 Å². The number of aromatic nitrogens is 4. The first-order valence-corrected chi connectivity index (χ1v) is 19.0. The molecular formula is C52H34N4. The minimum absolute atomic E-state index is 0.701. The van der Waals surface area contributed by atoms with Gasteiger partial charge in [0.25, 0.3) is 0 Å². The van der Waals surface area contributed by atoms with Gasteiger partial charge < -0.3 is 9.13 Å². The van der Waals surface area contributed by atoms with E-state index in [9.17, 15) is 0 Å². The predicted molar refractivity (Wildman–Crippen MR) is 232 cm³/mol. The topological polar surface area (TPSA) is 35.6 Å². The van der Waals surface area contributed by atoms with Crippen LogP contribution in [0.1, 0.15) is 0 Å².